The molecule has 2 N–H and O–H groups in total. The molecule has 4 fully saturated rings. The first kappa shape index (κ1) is 21.7. The molecule has 0 radical (unpaired) electrons. The number of aromatic nitrogens is 1. The molecule has 2 unspecified atom stereocenters. The van der Waals surface area contributed by atoms with Crippen molar-refractivity contribution in [2.24, 2.45) is 17.3 Å². The molecule has 7 heteroatoms. The number of aliphatic hydroxyl groups is 1. The number of rotatable bonds is 5. The van der Waals surface area contributed by atoms with E-state index in [0.29, 0.717) is 23.9 Å². The molecule has 2 aromatic carbocycles. The van der Waals surface area contributed by atoms with Gasteiger partial charge in [-0.3, -0.25) is 9.59 Å². The molecular formula is C27H28N2O4S. The Labute approximate surface area is 202 Å². The summed E-state index contributed by atoms with van der Waals surface area (Å²) >= 11 is 1.64. The van der Waals surface area contributed by atoms with Crippen molar-refractivity contribution < 1.29 is 19.4 Å². The second-order valence-corrected chi connectivity index (χ2v) is 11.7. The first-order chi connectivity index (χ1) is 16.3. The fourth-order valence-corrected chi connectivity index (χ4v) is 7.86. The number of carbonyl (C=O) groups excluding carboxylic acids is 2. The zero-order valence-corrected chi connectivity index (χ0v) is 20.0. The third-order valence-corrected chi connectivity index (χ3v) is 8.82. The van der Waals surface area contributed by atoms with Crippen LogP contribution >= 0.6 is 11.3 Å². The highest BCUT2D eigenvalue weighted by molar-refractivity contribution is 7.21. The predicted octanol–water partition coefficient (Wildman–Crippen LogP) is 5.08. The van der Waals surface area contributed by atoms with Crippen molar-refractivity contribution >= 4 is 39.1 Å². The number of nitrogens with zero attached hydrogens (tertiary/aromatic N) is 1. The van der Waals surface area contributed by atoms with E-state index in [1.807, 2.05) is 30.3 Å². The van der Waals surface area contributed by atoms with Gasteiger partial charge in [-0.05, 0) is 99.2 Å². The number of benzene rings is 2. The van der Waals surface area contributed by atoms with Gasteiger partial charge in [0.2, 0.25) is 0 Å². The standard InChI is InChI=1S/C27H28N2O4S/c1-16-2-7-21-22(8-16)34-24(29-21)19-3-5-20(6-4-19)28-23(30)14-33-25(31)26-10-17-9-18(11-26)13-27(32,12-17)15-26/h2-8,17-18,32H,9-15H2,1H3,(H,28,30). The number of hydrogen-bond donors (Lipinski definition) is 2. The van der Waals surface area contributed by atoms with Gasteiger partial charge in [-0.15, -0.1) is 11.3 Å². The summed E-state index contributed by atoms with van der Waals surface area (Å²) in [5.74, 6) is 0.104. The van der Waals surface area contributed by atoms with Crippen LogP contribution in [0.4, 0.5) is 5.69 Å². The van der Waals surface area contributed by atoms with Gasteiger partial charge in [0.25, 0.3) is 5.91 Å². The number of esters is 1. The largest absolute Gasteiger partial charge is 0.455 e. The minimum atomic E-state index is -0.727. The van der Waals surface area contributed by atoms with Crippen LogP contribution in [0, 0.1) is 24.2 Å². The van der Waals surface area contributed by atoms with Gasteiger partial charge in [-0.2, -0.15) is 0 Å². The Morgan fingerprint density at radius 3 is 2.56 bits per heavy atom. The minimum Gasteiger partial charge on any atom is -0.455 e. The van der Waals surface area contributed by atoms with Crippen LogP contribution in [-0.4, -0.2) is 34.2 Å². The van der Waals surface area contributed by atoms with Crippen LogP contribution in [0.25, 0.3) is 20.8 Å². The van der Waals surface area contributed by atoms with Crippen LogP contribution in [0.15, 0.2) is 42.5 Å². The minimum absolute atomic E-state index is 0.312. The molecule has 176 valence electrons. The van der Waals surface area contributed by atoms with Gasteiger partial charge in [-0.1, -0.05) is 6.07 Å². The summed E-state index contributed by atoms with van der Waals surface area (Å²) in [6.45, 7) is 1.76. The van der Waals surface area contributed by atoms with Gasteiger partial charge >= 0.3 is 5.97 Å². The van der Waals surface area contributed by atoms with E-state index in [9.17, 15) is 14.7 Å². The number of carbonyl (C=O) groups is 2. The quantitative estimate of drug-likeness (QED) is 0.501. The number of anilines is 1. The Morgan fingerprint density at radius 1 is 1.12 bits per heavy atom. The Balaban J connectivity index is 1.07. The van der Waals surface area contributed by atoms with Crippen LogP contribution in [0.3, 0.4) is 0 Å². The van der Waals surface area contributed by atoms with Crippen molar-refractivity contribution in [2.75, 3.05) is 11.9 Å². The van der Waals surface area contributed by atoms with Gasteiger partial charge in [0.1, 0.15) is 5.01 Å². The highest BCUT2D eigenvalue weighted by Crippen LogP contribution is 2.62. The number of nitrogens with one attached hydrogen (secondary N) is 1. The number of aryl methyl sites for hydroxylation is 1. The van der Waals surface area contributed by atoms with Crippen molar-refractivity contribution in [1.82, 2.24) is 4.98 Å². The van der Waals surface area contributed by atoms with E-state index in [-0.39, 0.29) is 18.5 Å². The van der Waals surface area contributed by atoms with E-state index < -0.39 is 11.0 Å². The molecule has 3 aromatic rings. The smallest absolute Gasteiger partial charge is 0.312 e. The zero-order chi connectivity index (χ0) is 23.5. The average Bonchev–Trinajstić information content (AvgIpc) is 3.19. The number of thiazole rings is 1. The van der Waals surface area contributed by atoms with Crippen molar-refractivity contribution in [3.8, 4) is 10.6 Å². The Bertz CT molecular complexity index is 1270. The summed E-state index contributed by atoms with van der Waals surface area (Å²) in [6, 6.07) is 13.8. The second-order valence-electron chi connectivity index (χ2n) is 10.7. The van der Waals surface area contributed by atoms with Gasteiger partial charge in [0.15, 0.2) is 6.61 Å². The Hall–Kier alpha value is -2.77. The fourth-order valence-electron chi connectivity index (χ4n) is 6.79. The molecular weight excluding hydrogens is 448 g/mol. The maximum absolute atomic E-state index is 13.0. The summed E-state index contributed by atoms with van der Waals surface area (Å²) in [5.41, 5.74) is 2.48. The van der Waals surface area contributed by atoms with Crippen molar-refractivity contribution in [1.29, 1.82) is 0 Å². The lowest BCUT2D eigenvalue weighted by molar-refractivity contribution is -0.196. The third-order valence-electron chi connectivity index (χ3n) is 7.76. The predicted molar refractivity (Wildman–Crippen MR) is 131 cm³/mol. The second kappa shape index (κ2) is 7.89. The summed E-state index contributed by atoms with van der Waals surface area (Å²) in [4.78, 5) is 30.1. The van der Waals surface area contributed by atoms with Crippen molar-refractivity contribution in [2.45, 2.75) is 51.0 Å². The Kier molecular flexibility index (Phi) is 5.04. The number of ether oxygens (including phenoxy) is 1. The molecule has 34 heavy (non-hydrogen) atoms. The maximum Gasteiger partial charge on any atom is 0.312 e. The van der Waals surface area contributed by atoms with E-state index >= 15 is 0 Å². The first-order valence-corrected chi connectivity index (χ1v) is 12.8. The van der Waals surface area contributed by atoms with Crippen molar-refractivity contribution in [3.05, 3.63) is 48.0 Å². The van der Waals surface area contributed by atoms with Crippen LogP contribution in [0.1, 0.15) is 44.1 Å². The van der Waals surface area contributed by atoms with E-state index in [1.165, 1.54) is 5.56 Å². The van der Waals surface area contributed by atoms with Gasteiger partial charge in [0.05, 0.1) is 21.2 Å². The molecule has 0 saturated heterocycles. The summed E-state index contributed by atoms with van der Waals surface area (Å²) in [5, 5.41) is 14.6. The average molecular weight is 477 g/mol. The monoisotopic (exact) mass is 476 g/mol. The van der Waals surface area contributed by atoms with Gasteiger partial charge in [0, 0.05) is 11.3 Å². The van der Waals surface area contributed by atoms with Crippen LogP contribution < -0.4 is 5.32 Å². The lowest BCUT2D eigenvalue weighted by Crippen LogP contribution is -2.58. The summed E-state index contributed by atoms with van der Waals surface area (Å²) < 4.78 is 6.62. The SMILES string of the molecule is Cc1ccc2nc(-c3ccc(NC(=O)COC(=O)C45CC6CC(CC(O)(C6)C4)C5)cc3)sc2c1. The third kappa shape index (κ3) is 3.91. The molecule has 4 aliphatic carbocycles. The maximum atomic E-state index is 13.0. The lowest BCUT2D eigenvalue weighted by atomic mass is 9.48. The topological polar surface area (TPSA) is 88.5 Å². The molecule has 1 amide bonds. The first-order valence-electron chi connectivity index (χ1n) is 12.0. The number of fused-ring (bicyclic) bond motifs is 1. The fraction of sp³-hybridized carbons (Fsp3) is 0.444. The summed E-state index contributed by atoms with van der Waals surface area (Å²) in [7, 11) is 0. The zero-order valence-electron chi connectivity index (χ0n) is 19.2. The highest BCUT2D eigenvalue weighted by Gasteiger charge is 2.60. The van der Waals surface area contributed by atoms with E-state index in [2.05, 4.69) is 24.4 Å². The molecule has 1 heterocycles. The Morgan fingerprint density at radius 2 is 1.85 bits per heavy atom. The normalized spacial score (nSPS) is 29.4. The summed E-state index contributed by atoms with van der Waals surface area (Å²) in [6.07, 6.45) is 4.72. The molecule has 0 aliphatic heterocycles. The molecule has 0 spiro atoms. The van der Waals surface area contributed by atoms with Crippen LogP contribution in [0.2, 0.25) is 0 Å². The molecule has 4 saturated carbocycles. The van der Waals surface area contributed by atoms with E-state index in [4.69, 9.17) is 9.72 Å². The van der Waals surface area contributed by atoms with Gasteiger partial charge in [-0.25, -0.2) is 4.98 Å². The molecule has 4 aliphatic rings. The van der Waals surface area contributed by atoms with Gasteiger partial charge < -0.3 is 15.2 Å². The molecule has 6 nitrogen and oxygen atoms in total. The van der Waals surface area contributed by atoms with Crippen LogP contribution in [0.5, 0.6) is 0 Å². The molecule has 2 atom stereocenters. The lowest BCUT2D eigenvalue weighted by Gasteiger charge is -2.58. The van der Waals surface area contributed by atoms with Crippen molar-refractivity contribution in [3.63, 3.8) is 0 Å². The van der Waals surface area contributed by atoms with E-state index in [0.717, 1.165) is 52.9 Å². The van der Waals surface area contributed by atoms with Crippen LogP contribution in [-0.2, 0) is 14.3 Å². The molecule has 7 rings (SSSR count). The number of hydrogen-bond acceptors (Lipinski definition) is 6. The number of amides is 1. The van der Waals surface area contributed by atoms with E-state index in [1.54, 1.807) is 11.3 Å². The highest BCUT2D eigenvalue weighted by atomic mass is 32.1. The molecule has 4 bridgehead atoms. The molecule has 1 aromatic heterocycles.